The van der Waals surface area contributed by atoms with Gasteiger partial charge in [-0.25, -0.2) is 4.98 Å². The predicted octanol–water partition coefficient (Wildman–Crippen LogP) is 2.47. The lowest BCUT2D eigenvalue weighted by Gasteiger charge is -2.22. The molecule has 72 valence electrons. The van der Waals surface area contributed by atoms with Gasteiger partial charge in [0, 0.05) is 23.8 Å². The van der Waals surface area contributed by atoms with Gasteiger partial charge in [0.25, 0.3) is 0 Å². The molecule has 1 aliphatic rings. The summed E-state index contributed by atoms with van der Waals surface area (Å²) in [6, 6.07) is 0. The molecule has 1 saturated carbocycles. The van der Waals surface area contributed by atoms with Gasteiger partial charge in [0.2, 0.25) is 0 Å². The molecule has 1 fully saturated rings. The minimum atomic E-state index is 0.421. The van der Waals surface area contributed by atoms with E-state index in [1.807, 2.05) is 11.3 Å². The molecule has 1 unspecified atom stereocenters. The highest BCUT2D eigenvalue weighted by Gasteiger charge is 2.23. The third kappa shape index (κ3) is 1.76. The van der Waals surface area contributed by atoms with Crippen molar-refractivity contribution in [2.45, 2.75) is 38.0 Å². The molecule has 1 heterocycles. The summed E-state index contributed by atoms with van der Waals surface area (Å²) in [6.45, 7) is 2.84. The molecule has 0 amide bonds. The van der Waals surface area contributed by atoms with Crippen molar-refractivity contribution in [3.05, 3.63) is 16.1 Å². The molecule has 0 aliphatic heterocycles. The molecule has 2 N–H and O–H groups in total. The van der Waals surface area contributed by atoms with Gasteiger partial charge < -0.3 is 5.73 Å². The topological polar surface area (TPSA) is 38.9 Å². The van der Waals surface area contributed by atoms with E-state index in [9.17, 15) is 0 Å². The van der Waals surface area contributed by atoms with Crippen molar-refractivity contribution in [2.24, 2.45) is 5.73 Å². The largest absolute Gasteiger partial charge is 0.330 e. The van der Waals surface area contributed by atoms with Crippen molar-refractivity contribution in [2.75, 3.05) is 6.54 Å². The molecule has 2 rings (SSSR count). The van der Waals surface area contributed by atoms with Crippen LogP contribution in [0.15, 0.2) is 5.38 Å². The third-order valence-electron chi connectivity index (χ3n) is 2.85. The van der Waals surface area contributed by atoms with Crippen molar-refractivity contribution in [3.63, 3.8) is 0 Å². The molecular formula is C10H16N2S. The Morgan fingerprint density at radius 3 is 3.00 bits per heavy atom. The summed E-state index contributed by atoms with van der Waals surface area (Å²) in [4.78, 5) is 4.64. The highest BCUT2D eigenvalue weighted by molar-refractivity contribution is 7.09. The zero-order valence-electron chi connectivity index (χ0n) is 7.99. The van der Waals surface area contributed by atoms with E-state index in [1.165, 1.54) is 30.0 Å². The molecule has 1 aliphatic carbocycles. The maximum atomic E-state index is 5.60. The van der Waals surface area contributed by atoms with Gasteiger partial charge in [-0.1, -0.05) is 13.3 Å². The molecule has 1 atom stereocenters. The molecule has 13 heavy (non-hydrogen) atoms. The number of rotatable bonds is 3. The van der Waals surface area contributed by atoms with Gasteiger partial charge in [-0.2, -0.15) is 0 Å². The Balaban J connectivity index is 2.08. The van der Waals surface area contributed by atoms with Gasteiger partial charge >= 0.3 is 0 Å². The van der Waals surface area contributed by atoms with Gasteiger partial charge in [-0.3, -0.25) is 0 Å². The number of hydrogen-bond donors (Lipinski definition) is 1. The molecule has 0 radical (unpaired) electrons. The molecule has 1 aromatic heterocycles. The van der Waals surface area contributed by atoms with E-state index < -0.39 is 0 Å². The Bertz CT molecular complexity index is 259. The second kappa shape index (κ2) is 3.76. The average molecular weight is 196 g/mol. The van der Waals surface area contributed by atoms with Gasteiger partial charge in [0.1, 0.15) is 0 Å². The van der Waals surface area contributed by atoms with Crippen LogP contribution in [0.3, 0.4) is 0 Å². The summed E-state index contributed by atoms with van der Waals surface area (Å²) in [5.74, 6) is 1.19. The number of thiazole rings is 1. The lowest BCUT2D eigenvalue weighted by atomic mass is 9.86. The molecule has 0 aromatic carbocycles. The fourth-order valence-electron chi connectivity index (χ4n) is 1.49. The van der Waals surface area contributed by atoms with Crippen LogP contribution >= 0.6 is 11.3 Å². The van der Waals surface area contributed by atoms with E-state index in [1.54, 1.807) is 0 Å². The minimum Gasteiger partial charge on any atom is -0.330 e. The Morgan fingerprint density at radius 2 is 2.46 bits per heavy atom. The van der Waals surface area contributed by atoms with Gasteiger partial charge in [-0.05, 0) is 12.8 Å². The average Bonchev–Trinajstić information content (AvgIpc) is 2.49. The lowest BCUT2D eigenvalue weighted by Crippen LogP contribution is -2.11. The van der Waals surface area contributed by atoms with Crippen LogP contribution in [-0.4, -0.2) is 11.5 Å². The second-order valence-electron chi connectivity index (χ2n) is 3.88. The van der Waals surface area contributed by atoms with Gasteiger partial charge in [-0.15, -0.1) is 11.3 Å². The second-order valence-corrected chi connectivity index (χ2v) is 4.76. The summed E-state index contributed by atoms with van der Waals surface area (Å²) in [5.41, 5.74) is 6.79. The standard InChI is InChI=1S/C10H16N2S/c1-7(5-11)9-6-13-10(12-9)8-3-2-4-8/h6-8H,2-5,11H2,1H3. The molecule has 2 nitrogen and oxygen atoms in total. The summed E-state index contributed by atoms with van der Waals surface area (Å²) < 4.78 is 0. The molecule has 0 saturated heterocycles. The van der Waals surface area contributed by atoms with E-state index in [0.717, 1.165) is 5.92 Å². The van der Waals surface area contributed by atoms with E-state index in [4.69, 9.17) is 5.73 Å². The Kier molecular flexibility index (Phi) is 2.65. The van der Waals surface area contributed by atoms with Crippen molar-refractivity contribution >= 4 is 11.3 Å². The maximum absolute atomic E-state index is 5.60. The molecule has 1 aromatic rings. The zero-order valence-corrected chi connectivity index (χ0v) is 8.81. The number of nitrogens with zero attached hydrogens (tertiary/aromatic N) is 1. The first-order chi connectivity index (χ1) is 6.31. The van der Waals surface area contributed by atoms with Crippen LogP contribution in [0, 0.1) is 0 Å². The van der Waals surface area contributed by atoms with Gasteiger partial charge in [0.05, 0.1) is 10.7 Å². The lowest BCUT2D eigenvalue weighted by molar-refractivity contribution is 0.417. The molecule has 0 bridgehead atoms. The summed E-state index contributed by atoms with van der Waals surface area (Å²) in [6.07, 6.45) is 4.06. The summed E-state index contributed by atoms with van der Waals surface area (Å²) in [7, 11) is 0. The fraction of sp³-hybridized carbons (Fsp3) is 0.700. The van der Waals surface area contributed by atoms with Gasteiger partial charge in [0.15, 0.2) is 0 Å². The summed E-state index contributed by atoms with van der Waals surface area (Å²) >= 11 is 1.81. The van der Waals surface area contributed by atoms with E-state index >= 15 is 0 Å². The fourth-order valence-corrected chi connectivity index (χ4v) is 2.60. The Hall–Kier alpha value is -0.410. The van der Waals surface area contributed by atoms with Crippen molar-refractivity contribution < 1.29 is 0 Å². The van der Waals surface area contributed by atoms with E-state index in [0.29, 0.717) is 12.5 Å². The van der Waals surface area contributed by atoms with Crippen LogP contribution in [0.1, 0.15) is 48.7 Å². The van der Waals surface area contributed by atoms with Crippen LogP contribution in [-0.2, 0) is 0 Å². The first kappa shape index (κ1) is 9.16. The number of nitrogens with two attached hydrogens (primary N) is 1. The van der Waals surface area contributed by atoms with Crippen molar-refractivity contribution in [1.82, 2.24) is 4.98 Å². The van der Waals surface area contributed by atoms with Crippen LogP contribution in [0.2, 0.25) is 0 Å². The normalized spacial score (nSPS) is 19.8. The maximum Gasteiger partial charge on any atom is 0.0959 e. The highest BCUT2D eigenvalue weighted by Crippen LogP contribution is 2.38. The quantitative estimate of drug-likeness (QED) is 0.806. The molecule has 3 heteroatoms. The van der Waals surface area contributed by atoms with Crippen LogP contribution in [0.5, 0.6) is 0 Å². The first-order valence-electron chi connectivity index (χ1n) is 4.96. The van der Waals surface area contributed by atoms with Crippen LogP contribution in [0.4, 0.5) is 0 Å². The summed E-state index contributed by atoms with van der Waals surface area (Å²) in [5, 5.41) is 3.51. The monoisotopic (exact) mass is 196 g/mol. The Labute approximate surface area is 83.2 Å². The highest BCUT2D eigenvalue weighted by atomic mass is 32.1. The SMILES string of the molecule is CC(CN)c1csc(C2CCC2)n1. The van der Waals surface area contributed by atoms with E-state index in [-0.39, 0.29) is 0 Å². The number of hydrogen-bond acceptors (Lipinski definition) is 3. The van der Waals surface area contributed by atoms with Crippen LogP contribution < -0.4 is 5.73 Å². The first-order valence-corrected chi connectivity index (χ1v) is 5.84. The zero-order chi connectivity index (χ0) is 9.26. The number of aromatic nitrogens is 1. The van der Waals surface area contributed by atoms with Crippen molar-refractivity contribution in [1.29, 1.82) is 0 Å². The predicted molar refractivity (Wildman–Crippen MR) is 56.2 cm³/mol. The molecular weight excluding hydrogens is 180 g/mol. The van der Waals surface area contributed by atoms with E-state index in [2.05, 4.69) is 17.3 Å². The van der Waals surface area contributed by atoms with Crippen molar-refractivity contribution in [3.8, 4) is 0 Å². The smallest absolute Gasteiger partial charge is 0.0959 e. The Morgan fingerprint density at radius 1 is 1.69 bits per heavy atom. The third-order valence-corrected chi connectivity index (χ3v) is 3.88. The molecule has 0 spiro atoms. The van der Waals surface area contributed by atoms with Crippen LogP contribution in [0.25, 0.3) is 0 Å². The minimum absolute atomic E-state index is 0.421.